The Hall–Kier alpha value is -0.300. The van der Waals surface area contributed by atoms with Crippen molar-refractivity contribution in [1.29, 1.82) is 0 Å². The molecule has 9 heavy (non-hydrogen) atoms. The Morgan fingerprint density at radius 3 is 1.78 bits per heavy atom. The summed E-state index contributed by atoms with van der Waals surface area (Å²) in [5.74, 6) is 0. The van der Waals surface area contributed by atoms with E-state index in [1.165, 1.54) is 20.9 Å². The molecule has 0 bridgehead atoms. The summed E-state index contributed by atoms with van der Waals surface area (Å²) in [5.41, 5.74) is 2.77. The van der Waals surface area contributed by atoms with E-state index in [2.05, 4.69) is 27.7 Å². The number of thiophene rings is 1. The van der Waals surface area contributed by atoms with Gasteiger partial charge in [0, 0.05) is 9.75 Å². The normalized spacial score (nSPS) is 10.2. The van der Waals surface area contributed by atoms with Crippen LogP contribution in [0.4, 0.5) is 0 Å². The Balaban J connectivity index is 3.29. The summed E-state index contributed by atoms with van der Waals surface area (Å²) >= 11 is 1.78. The largest absolute Gasteiger partial charge is 0.145 e. The third-order valence-electron chi connectivity index (χ3n) is 1.79. The summed E-state index contributed by atoms with van der Waals surface area (Å²) in [4.78, 5) is 2.61. The van der Waals surface area contributed by atoms with Crippen molar-refractivity contribution in [3.8, 4) is 0 Å². The lowest BCUT2D eigenvalue weighted by Gasteiger charge is -1.88. The highest BCUT2D eigenvalue weighted by Gasteiger charge is 2.02. The predicted octanol–water partition coefficient (Wildman–Crippen LogP) is 2.86. The van der Waals surface area contributed by atoms with Gasteiger partial charge < -0.3 is 0 Å². The summed E-state index contributed by atoms with van der Waals surface area (Å²) < 4.78 is 0. The number of hydrogen-bond donors (Lipinski definition) is 0. The van der Waals surface area contributed by atoms with Crippen LogP contribution in [0.25, 0.3) is 0 Å². The van der Waals surface area contributed by atoms with Crippen molar-refractivity contribution in [3.05, 3.63) is 27.8 Å². The highest BCUT2D eigenvalue weighted by Crippen LogP contribution is 2.24. The fourth-order valence-electron chi connectivity index (χ4n) is 0.811. The van der Waals surface area contributed by atoms with Gasteiger partial charge in [-0.15, -0.1) is 11.3 Å². The first-order valence-corrected chi connectivity index (χ1v) is 3.83. The fourth-order valence-corrected chi connectivity index (χ4v) is 1.79. The second-order valence-corrected chi connectivity index (χ2v) is 3.64. The lowest BCUT2D eigenvalue weighted by atomic mass is 10.2. The van der Waals surface area contributed by atoms with E-state index in [0.29, 0.717) is 0 Å². The van der Waals surface area contributed by atoms with Crippen LogP contribution in [0.1, 0.15) is 20.9 Å². The minimum Gasteiger partial charge on any atom is -0.145 e. The molecule has 0 fully saturated rings. The topological polar surface area (TPSA) is 0 Å². The summed E-state index contributed by atoms with van der Waals surface area (Å²) in [5, 5.41) is 0. The van der Waals surface area contributed by atoms with Gasteiger partial charge in [-0.1, -0.05) is 0 Å². The Morgan fingerprint density at radius 2 is 1.67 bits per heavy atom. The third-order valence-corrected chi connectivity index (χ3v) is 2.95. The van der Waals surface area contributed by atoms with E-state index < -0.39 is 0 Å². The van der Waals surface area contributed by atoms with Crippen LogP contribution in [0.15, 0.2) is 0 Å². The first-order valence-electron chi connectivity index (χ1n) is 3.01. The molecule has 49 valence electrons. The molecule has 1 heterocycles. The molecule has 1 rings (SSSR count). The molecule has 0 aliphatic rings. The van der Waals surface area contributed by atoms with Crippen LogP contribution >= 0.6 is 11.3 Å². The van der Waals surface area contributed by atoms with Crippen LogP contribution in [0.5, 0.6) is 0 Å². The van der Waals surface area contributed by atoms with E-state index in [0.717, 1.165) is 0 Å². The second kappa shape index (κ2) is 2.14. The van der Waals surface area contributed by atoms with Crippen LogP contribution in [0.2, 0.25) is 0 Å². The highest BCUT2D eigenvalue weighted by atomic mass is 32.1. The van der Waals surface area contributed by atoms with Gasteiger partial charge in [-0.25, -0.2) is 0 Å². The molecule has 0 spiro atoms. The Kier molecular flexibility index (Phi) is 1.62. The molecule has 0 amide bonds. The zero-order valence-electron chi connectivity index (χ0n) is 6.12. The molecule has 0 unspecified atom stereocenters. The van der Waals surface area contributed by atoms with Crippen LogP contribution in [-0.2, 0) is 0 Å². The zero-order valence-corrected chi connectivity index (χ0v) is 6.93. The lowest BCUT2D eigenvalue weighted by molar-refractivity contribution is 1.34. The number of rotatable bonds is 0. The summed E-state index contributed by atoms with van der Waals surface area (Å²) in [6.45, 7) is 10.3. The van der Waals surface area contributed by atoms with Gasteiger partial charge in [0.2, 0.25) is 0 Å². The van der Waals surface area contributed by atoms with Gasteiger partial charge in [0.15, 0.2) is 0 Å². The van der Waals surface area contributed by atoms with Gasteiger partial charge in [-0.2, -0.15) is 0 Å². The summed E-state index contributed by atoms with van der Waals surface area (Å²) in [6, 6.07) is 0. The van der Waals surface area contributed by atoms with Crippen LogP contribution in [0, 0.1) is 27.7 Å². The van der Waals surface area contributed by atoms with E-state index in [4.69, 9.17) is 0 Å². The average Bonchev–Trinajstić information content (AvgIpc) is 1.98. The predicted molar refractivity (Wildman–Crippen MR) is 43.0 cm³/mol. The fraction of sp³-hybridized carbons (Fsp3) is 0.375. The molecule has 0 aliphatic heterocycles. The number of aryl methyl sites for hydroxylation is 1. The molecule has 0 aromatic carbocycles. The Bertz CT molecular complexity index is 198. The van der Waals surface area contributed by atoms with Crippen LogP contribution < -0.4 is 0 Å². The Labute approximate surface area is 60.5 Å². The van der Waals surface area contributed by atoms with Crippen molar-refractivity contribution in [3.63, 3.8) is 0 Å². The van der Waals surface area contributed by atoms with Crippen molar-refractivity contribution >= 4 is 11.3 Å². The van der Waals surface area contributed by atoms with Crippen molar-refractivity contribution < 1.29 is 0 Å². The average molecular weight is 139 g/mol. The first-order chi connectivity index (χ1) is 4.13. The maximum atomic E-state index is 3.92. The van der Waals surface area contributed by atoms with Gasteiger partial charge >= 0.3 is 0 Å². The van der Waals surface area contributed by atoms with E-state index in [1.54, 1.807) is 11.3 Å². The van der Waals surface area contributed by atoms with E-state index >= 15 is 0 Å². The monoisotopic (exact) mass is 139 g/mol. The minimum absolute atomic E-state index is 1.21. The molecule has 0 nitrogen and oxygen atoms in total. The molecule has 1 radical (unpaired) electrons. The lowest BCUT2D eigenvalue weighted by Crippen LogP contribution is -1.73. The van der Waals surface area contributed by atoms with Gasteiger partial charge in [-0.05, 0) is 38.8 Å². The van der Waals surface area contributed by atoms with Crippen LogP contribution in [-0.4, -0.2) is 0 Å². The molecule has 0 saturated carbocycles. The summed E-state index contributed by atoms with van der Waals surface area (Å²) in [6.07, 6.45) is 0. The van der Waals surface area contributed by atoms with Gasteiger partial charge in [-0.3, -0.25) is 0 Å². The molecule has 0 N–H and O–H groups in total. The van der Waals surface area contributed by atoms with E-state index in [-0.39, 0.29) is 0 Å². The first kappa shape index (κ1) is 6.81. The molecule has 0 atom stereocenters. The minimum atomic E-state index is 1.21. The van der Waals surface area contributed by atoms with Gasteiger partial charge in [0.1, 0.15) is 0 Å². The van der Waals surface area contributed by atoms with Crippen molar-refractivity contribution in [2.75, 3.05) is 0 Å². The zero-order chi connectivity index (χ0) is 7.02. The van der Waals surface area contributed by atoms with E-state index in [1.807, 2.05) is 0 Å². The highest BCUT2D eigenvalue weighted by molar-refractivity contribution is 7.12. The molecular weight excluding hydrogens is 128 g/mol. The maximum Gasteiger partial charge on any atom is 0.00835 e. The molecule has 1 aromatic rings. The maximum absolute atomic E-state index is 3.92. The third kappa shape index (κ3) is 1.01. The molecule has 1 heteroatoms. The molecule has 0 aliphatic carbocycles. The van der Waals surface area contributed by atoms with Crippen molar-refractivity contribution in [2.24, 2.45) is 0 Å². The van der Waals surface area contributed by atoms with Crippen LogP contribution in [0.3, 0.4) is 0 Å². The SMILES string of the molecule is [CH2]c1sc(C)c(C)c1C. The van der Waals surface area contributed by atoms with Crippen molar-refractivity contribution in [2.45, 2.75) is 20.8 Å². The number of hydrogen-bond acceptors (Lipinski definition) is 1. The Morgan fingerprint density at radius 1 is 1.11 bits per heavy atom. The second-order valence-electron chi connectivity index (χ2n) is 2.33. The molecule has 0 saturated heterocycles. The summed E-state index contributed by atoms with van der Waals surface area (Å²) in [7, 11) is 0. The van der Waals surface area contributed by atoms with Crippen molar-refractivity contribution in [1.82, 2.24) is 0 Å². The smallest absolute Gasteiger partial charge is 0.00835 e. The van der Waals surface area contributed by atoms with E-state index in [9.17, 15) is 0 Å². The van der Waals surface area contributed by atoms with Gasteiger partial charge in [0.25, 0.3) is 0 Å². The standard InChI is InChI=1S/C8H11S/c1-5-6(2)8(4)9-7(5)3/h3H2,1-2,4H3. The molecular formula is C8H11S. The quantitative estimate of drug-likeness (QED) is 0.518. The molecule has 1 aromatic heterocycles. The van der Waals surface area contributed by atoms with Gasteiger partial charge in [0.05, 0.1) is 0 Å².